The number of thiophene rings is 1. The molecule has 2 aromatic heterocycles. The van der Waals surface area contributed by atoms with Gasteiger partial charge < -0.3 is 10.2 Å². The zero-order chi connectivity index (χ0) is 21.5. The van der Waals surface area contributed by atoms with Gasteiger partial charge in [0.05, 0.1) is 17.0 Å². The molecule has 0 aliphatic carbocycles. The third-order valence-corrected chi connectivity index (χ3v) is 5.98. The maximum absolute atomic E-state index is 12.5. The van der Waals surface area contributed by atoms with Crippen molar-refractivity contribution in [3.05, 3.63) is 63.3 Å². The van der Waals surface area contributed by atoms with Crippen LogP contribution in [0.15, 0.2) is 47.2 Å². The van der Waals surface area contributed by atoms with Gasteiger partial charge in [-0.25, -0.2) is 4.98 Å². The molecule has 0 aliphatic heterocycles. The highest BCUT2D eigenvalue weighted by atomic mass is 32.1. The highest BCUT2D eigenvalue weighted by Gasteiger charge is 2.15. The van der Waals surface area contributed by atoms with Crippen molar-refractivity contribution in [2.24, 2.45) is 0 Å². The average Bonchev–Trinajstić information content (AvgIpc) is 3.41. The quantitative estimate of drug-likeness (QED) is 0.549. The molecule has 3 amide bonds. The summed E-state index contributed by atoms with van der Waals surface area (Å²) in [7, 11) is 0. The second kappa shape index (κ2) is 10.1. The van der Waals surface area contributed by atoms with Gasteiger partial charge in [-0.15, -0.1) is 22.7 Å². The van der Waals surface area contributed by atoms with Crippen molar-refractivity contribution in [2.45, 2.75) is 20.3 Å². The number of thiazole rings is 1. The Kier molecular flexibility index (Phi) is 7.31. The first-order valence-corrected chi connectivity index (χ1v) is 11.2. The second-order valence-electron chi connectivity index (χ2n) is 6.36. The summed E-state index contributed by atoms with van der Waals surface area (Å²) < 4.78 is 0. The van der Waals surface area contributed by atoms with Crippen LogP contribution in [0.1, 0.15) is 39.6 Å². The minimum Gasteiger partial charge on any atom is -0.339 e. The van der Waals surface area contributed by atoms with Crippen LogP contribution in [0.4, 0.5) is 10.8 Å². The summed E-state index contributed by atoms with van der Waals surface area (Å²) in [4.78, 5) is 43.6. The zero-order valence-corrected chi connectivity index (χ0v) is 18.3. The minimum absolute atomic E-state index is 0.0678. The maximum atomic E-state index is 12.5. The van der Waals surface area contributed by atoms with Crippen molar-refractivity contribution < 1.29 is 14.4 Å². The lowest BCUT2D eigenvalue weighted by atomic mass is 10.1. The Bertz CT molecular complexity index is 1030. The molecular weight excluding hydrogens is 420 g/mol. The van der Waals surface area contributed by atoms with E-state index in [1.807, 2.05) is 25.3 Å². The molecule has 0 spiro atoms. The summed E-state index contributed by atoms with van der Waals surface area (Å²) in [6.45, 7) is 5.11. The van der Waals surface area contributed by atoms with Gasteiger partial charge in [0.25, 0.3) is 11.8 Å². The van der Waals surface area contributed by atoms with Crippen LogP contribution in [-0.4, -0.2) is 40.7 Å². The largest absolute Gasteiger partial charge is 0.339 e. The van der Waals surface area contributed by atoms with Crippen molar-refractivity contribution in [2.75, 3.05) is 23.7 Å². The van der Waals surface area contributed by atoms with Gasteiger partial charge in [-0.3, -0.25) is 19.7 Å². The minimum atomic E-state index is -0.246. The first-order valence-electron chi connectivity index (χ1n) is 9.48. The number of carbonyl (C=O) groups is 3. The molecule has 1 aromatic carbocycles. The molecule has 0 unspecified atom stereocenters. The number of aromatic nitrogens is 1. The molecule has 7 nitrogen and oxygen atoms in total. The lowest BCUT2D eigenvalue weighted by Crippen LogP contribution is -2.30. The fourth-order valence-electron chi connectivity index (χ4n) is 2.81. The van der Waals surface area contributed by atoms with Crippen LogP contribution >= 0.6 is 22.7 Å². The van der Waals surface area contributed by atoms with Gasteiger partial charge in [0, 0.05) is 29.7 Å². The van der Waals surface area contributed by atoms with Crippen LogP contribution in [0, 0.1) is 0 Å². The molecule has 0 radical (unpaired) electrons. The van der Waals surface area contributed by atoms with Crippen molar-refractivity contribution in [1.29, 1.82) is 0 Å². The van der Waals surface area contributed by atoms with E-state index in [9.17, 15) is 14.4 Å². The summed E-state index contributed by atoms with van der Waals surface area (Å²) in [6.07, 6.45) is 0.0690. The van der Waals surface area contributed by atoms with Crippen molar-refractivity contribution in [3.8, 4) is 0 Å². The summed E-state index contributed by atoms with van der Waals surface area (Å²) in [5, 5.41) is 9.55. The lowest BCUT2D eigenvalue weighted by molar-refractivity contribution is -0.115. The number of anilines is 2. The van der Waals surface area contributed by atoms with Gasteiger partial charge in [0.15, 0.2) is 5.13 Å². The first kappa shape index (κ1) is 21.7. The molecule has 0 aliphatic rings. The molecule has 9 heteroatoms. The molecule has 3 aromatic rings. The molecular formula is C21H22N4O3S2. The molecule has 0 saturated heterocycles. The number of hydrogen-bond acceptors (Lipinski definition) is 6. The van der Waals surface area contributed by atoms with Gasteiger partial charge in [0.1, 0.15) is 0 Å². The Labute approximate surface area is 182 Å². The topological polar surface area (TPSA) is 91.4 Å². The van der Waals surface area contributed by atoms with Crippen LogP contribution in [0.3, 0.4) is 0 Å². The van der Waals surface area contributed by atoms with Crippen LogP contribution in [0.25, 0.3) is 0 Å². The fourth-order valence-corrected chi connectivity index (χ4v) is 4.13. The Hall–Kier alpha value is -3.04. The average molecular weight is 443 g/mol. The number of hydrogen-bond donors (Lipinski definition) is 2. The van der Waals surface area contributed by atoms with Gasteiger partial charge in [-0.05, 0) is 43.5 Å². The Morgan fingerprint density at radius 2 is 1.83 bits per heavy atom. The lowest BCUT2D eigenvalue weighted by Gasteiger charge is -2.19. The third kappa shape index (κ3) is 5.52. The van der Waals surface area contributed by atoms with E-state index >= 15 is 0 Å². The van der Waals surface area contributed by atoms with E-state index in [4.69, 9.17) is 0 Å². The Balaban J connectivity index is 1.58. The fraction of sp³-hybridized carbons (Fsp3) is 0.238. The highest BCUT2D eigenvalue weighted by molar-refractivity contribution is 7.14. The van der Waals surface area contributed by atoms with Gasteiger partial charge >= 0.3 is 0 Å². The van der Waals surface area contributed by atoms with E-state index in [2.05, 4.69) is 15.6 Å². The molecule has 3 rings (SSSR count). The number of nitrogens with zero attached hydrogens (tertiary/aromatic N) is 2. The zero-order valence-electron chi connectivity index (χ0n) is 16.7. The van der Waals surface area contributed by atoms with E-state index in [1.165, 1.54) is 22.7 Å². The SMILES string of the molecule is CCN(CC)C(=O)c1cccc(NC(=O)Cc2csc(NC(=O)c3cccs3)n2)c1. The summed E-state index contributed by atoms with van der Waals surface area (Å²) in [5.41, 5.74) is 1.65. The molecule has 2 N–H and O–H groups in total. The van der Waals surface area contributed by atoms with Gasteiger partial charge in [-0.1, -0.05) is 12.1 Å². The predicted octanol–water partition coefficient (Wildman–Crippen LogP) is 4.12. The number of benzene rings is 1. The molecule has 0 saturated carbocycles. The smallest absolute Gasteiger partial charge is 0.267 e. The van der Waals surface area contributed by atoms with Gasteiger partial charge in [-0.2, -0.15) is 0 Å². The third-order valence-electron chi connectivity index (χ3n) is 4.30. The van der Waals surface area contributed by atoms with Gasteiger partial charge in [0.2, 0.25) is 5.91 Å². The van der Waals surface area contributed by atoms with Crippen LogP contribution in [0.5, 0.6) is 0 Å². The number of nitrogens with one attached hydrogen (secondary N) is 2. The number of carbonyl (C=O) groups excluding carboxylic acids is 3. The summed E-state index contributed by atoms with van der Waals surface area (Å²) >= 11 is 2.62. The molecule has 2 heterocycles. The second-order valence-corrected chi connectivity index (χ2v) is 8.16. The van der Waals surface area contributed by atoms with Crippen molar-refractivity contribution in [1.82, 2.24) is 9.88 Å². The van der Waals surface area contributed by atoms with Crippen molar-refractivity contribution in [3.63, 3.8) is 0 Å². The summed E-state index contributed by atoms with van der Waals surface area (Å²) in [6, 6.07) is 10.4. The summed E-state index contributed by atoms with van der Waals surface area (Å²) in [5.74, 6) is -0.532. The Morgan fingerprint density at radius 1 is 1.03 bits per heavy atom. The molecule has 30 heavy (non-hydrogen) atoms. The molecule has 156 valence electrons. The number of amides is 3. The monoisotopic (exact) mass is 442 g/mol. The van der Waals surface area contributed by atoms with Crippen molar-refractivity contribution >= 4 is 51.2 Å². The predicted molar refractivity (Wildman–Crippen MR) is 120 cm³/mol. The first-order chi connectivity index (χ1) is 14.5. The van der Waals surface area contributed by atoms with Crippen LogP contribution in [-0.2, 0) is 11.2 Å². The van der Waals surface area contributed by atoms with E-state index in [0.29, 0.717) is 40.0 Å². The van der Waals surface area contributed by atoms with Crippen LogP contribution < -0.4 is 10.6 Å². The maximum Gasteiger partial charge on any atom is 0.267 e. The van der Waals surface area contributed by atoms with Crippen LogP contribution in [0.2, 0.25) is 0 Å². The van der Waals surface area contributed by atoms with E-state index in [-0.39, 0.29) is 24.1 Å². The van der Waals surface area contributed by atoms with E-state index in [0.717, 1.165) is 0 Å². The molecule has 0 fully saturated rings. The molecule has 0 bridgehead atoms. The highest BCUT2D eigenvalue weighted by Crippen LogP contribution is 2.19. The Morgan fingerprint density at radius 3 is 2.53 bits per heavy atom. The standard InChI is InChI=1S/C21H22N4O3S2/c1-3-25(4-2)20(28)14-7-5-8-15(11-14)22-18(26)12-16-13-30-21(23-16)24-19(27)17-9-6-10-29-17/h5-11,13H,3-4,12H2,1-2H3,(H,22,26)(H,23,24,27). The number of rotatable bonds is 8. The van der Waals surface area contributed by atoms with E-state index < -0.39 is 0 Å². The normalized spacial score (nSPS) is 10.5. The van der Waals surface area contributed by atoms with E-state index in [1.54, 1.807) is 40.6 Å². The molecule has 0 atom stereocenters.